The molecule has 0 spiro atoms. The van der Waals surface area contributed by atoms with Gasteiger partial charge in [-0.15, -0.1) is 0 Å². The number of carbonyl (C=O) groups excluding carboxylic acids is 1. The van der Waals surface area contributed by atoms with Crippen LogP contribution < -0.4 is 5.32 Å². The first kappa shape index (κ1) is 20.8. The van der Waals surface area contributed by atoms with Crippen molar-refractivity contribution in [3.8, 4) is 22.4 Å². The first-order chi connectivity index (χ1) is 14.9. The van der Waals surface area contributed by atoms with E-state index in [0.717, 1.165) is 28.1 Å². The van der Waals surface area contributed by atoms with Gasteiger partial charge in [-0.3, -0.25) is 14.9 Å². The highest BCUT2D eigenvalue weighted by molar-refractivity contribution is 6.30. The van der Waals surface area contributed by atoms with Crippen LogP contribution in [0.1, 0.15) is 30.0 Å². The van der Waals surface area contributed by atoms with E-state index in [1.165, 1.54) is 0 Å². The predicted octanol–water partition coefficient (Wildman–Crippen LogP) is 5.54. The third-order valence-corrected chi connectivity index (χ3v) is 5.21. The van der Waals surface area contributed by atoms with E-state index in [1.807, 2.05) is 74.5 Å². The van der Waals surface area contributed by atoms with Gasteiger partial charge in [0.25, 0.3) is 5.91 Å². The summed E-state index contributed by atoms with van der Waals surface area (Å²) in [5, 5.41) is 11.3. The summed E-state index contributed by atoms with van der Waals surface area (Å²) in [6.45, 7) is 3.97. The lowest BCUT2D eigenvalue weighted by molar-refractivity contribution is 0.0908. The Labute approximate surface area is 186 Å². The Morgan fingerprint density at radius 1 is 1.00 bits per heavy atom. The Morgan fingerprint density at radius 3 is 2.48 bits per heavy atom. The van der Waals surface area contributed by atoms with Crippen molar-refractivity contribution in [3.63, 3.8) is 0 Å². The van der Waals surface area contributed by atoms with Gasteiger partial charge < -0.3 is 5.32 Å². The molecule has 31 heavy (non-hydrogen) atoms. The molecule has 6 heteroatoms. The molecule has 4 rings (SSSR count). The molecule has 5 nitrogen and oxygen atoms in total. The molecular formula is C25H23ClN4O. The first-order valence-electron chi connectivity index (χ1n) is 10.0. The number of rotatable bonds is 6. The zero-order chi connectivity index (χ0) is 21.8. The van der Waals surface area contributed by atoms with Crippen LogP contribution >= 0.6 is 11.6 Å². The molecule has 0 aliphatic heterocycles. The highest BCUT2D eigenvalue weighted by Crippen LogP contribution is 2.25. The van der Waals surface area contributed by atoms with Crippen molar-refractivity contribution >= 4 is 17.5 Å². The number of hydrogen-bond donors (Lipinski definition) is 2. The smallest absolute Gasteiger partial charge is 0.270 e. The van der Waals surface area contributed by atoms with Gasteiger partial charge >= 0.3 is 0 Å². The van der Waals surface area contributed by atoms with E-state index in [9.17, 15) is 4.79 Å². The molecule has 0 saturated heterocycles. The number of pyridine rings is 1. The summed E-state index contributed by atoms with van der Waals surface area (Å²) >= 11 is 6.00. The maximum atomic E-state index is 13.1. The van der Waals surface area contributed by atoms with Crippen LogP contribution in [0.5, 0.6) is 0 Å². The van der Waals surface area contributed by atoms with E-state index in [0.29, 0.717) is 17.1 Å². The van der Waals surface area contributed by atoms with Crippen LogP contribution in [0, 0.1) is 0 Å². The van der Waals surface area contributed by atoms with Crippen molar-refractivity contribution in [2.75, 3.05) is 0 Å². The number of carbonyl (C=O) groups is 1. The second-order valence-electron chi connectivity index (χ2n) is 8.07. The van der Waals surface area contributed by atoms with Crippen LogP contribution in [0.2, 0.25) is 5.02 Å². The molecule has 0 unspecified atom stereocenters. The van der Waals surface area contributed by atoms with Crippen molar-refractivity contribution in [2.45, 2.75) is 25.8 Å². The topological polar surface area (TPSA) is 70.7 Å². The number of benzene rings is 2. The third-order valence-electron chi connectivity index (χ3n) is 4.96. The highest BCUT2D eigenvalue weighted by atomic mass is 35.5. The molecule has 0 saturated carbocycles. The third kappa shape index (κ3) is 5.01. The summed E-state index contributed by atoms with van der Waals surface area (Å²) in [5.41, 5.74) is 4.41. The van der Waals surface area contributed by atoms with E-state index in [1.54, 1.807) is 18.3 Å². The quantitative estimate of drug-likeness (QED) is 0.421. The minimum Gasteiger partial charge on any atom is -0.345 e. The van der Waals surface area contributed by atoms with Crippen molar-refractivity contribution in [2.24, 2.45) is 0 Å². The summed E-state index contributed by atoms with van der Waals surface area (Å²) in [7, 11) is 0. The van der Waals surface area contributed by atoms with E-state index >= 15 is 0 Å². The van der Waals surface area contributed by atoms with E-state index in [-0.39, 0.29) is 5.91 Å². The molecule has 4 aromatic rings. The predicted molar refractivity (Wildman–Crippen MR) is 124 cm³/mol. The van der Waals surface area contributed by atoms with E-state index in [2.05, 4.69) is 20.5 Å². The van der Waals surface area contributed by atoms with Crippen LogP contribution in [0.15, 0.2) is 79.0 Å². The molecule has 156 valence electrons. The highest BCUT2D eigenvalue weighted by Gasteiger charge is 2.25. The van der Waals surface area contributed by atoms with Crippen molar-refractivity contribution in [3.05, 3.63) is 95.4 Å². The summed E-state index contributed by atoms with van der Waals surface area (Å²) in [5.74, 6) is -0.224. The number of nitrogens with one attached hydrogen (secondary N) is 2. The Morgan fingerprint density at radius 2 is 1.74 bits per heavy atom. The van der Waals surface area contributed by atoms with Gasteiger partial charge in [-0.2, -0.15) is 5.10 Å². The molecule has 2 aromatic heterocycles. The lowest BCUT2D eigenvalue weighted by atomic mass is 9.96. The number of amides is 1. The Hall–Kier alpha value is -3.44. The molecular weight excluding hydrogens is 408 g/mol. The zero-order valence-electron chi connectivity index (χ0n) is 17.4. The second kappa shape index (κ2) is 8.74. The molecule has 0 radical (unpaired) electrons. The molecule has 0 atom stereocenters. The maximum Gasteiger partial charge on any atom is 0.270 e. The fourth-order valence-electron chi connectivity index (χ4n) is 3.54. The number of hydrogen-bond acceptors (Lipinski definition) is 3. The molecule has 0 bridgehead atoms. The number of aromatic nitrogens is 3. The number of H-pyrrole nitrogens is 1. The fourth-order valence-corrected chi connectivity index (χ4v) is 3.67. The summed E-state index contributed by atoms with van der Waals surface area (Å²) in [6.07, 6.45) is 2.23. The molecule has 0 aliphatic rings. The van der Waals surface area contributed by atoms with Gasteiger partial charge in [0.2, 0.25) is 0 Å². The lowest BCUT2D eigenvalue weighted by Gasteiger charge is -2.26. The Kier molecular flexibility index (Phi) is 5.87. The Balaban J connectivity index is 1.51. The normalized spacial score (nSPS) is 11.3. The Bertz CT molecular complexity index is 1180. The molecule has 2 heterocycles. The summed E-state index contributed by atoms with van der Waals surface area (Å²) < 4.78 is 0. The SMILES string of the molecule is CC(C)(Cc1cc(-c2ccccc2)n[nH]1)NC(=O)c1ncccc1-c1ccc(Cl)cc1. The number of halogens is 1. The van der Waals surface area contributed by atoms with E-state index < -0.39 is 5.54 Å². The van der Waals surface area contributed by atoms with Gasteiger partial charge in [-0.05, 0) is 43.7 Å². The monoisotopic (exact) mass is 430 g/mol. The number of nitrogens with zero attached hydrogens (tertiary/aromatic N) is 2. The van der Waals surface area contributed by atoms with Crippen LogP contribution in [0.3, 0.4) is 0 Å². The molecule has 1 amide bonds. The van der Waals surface area contributed by atoms with Crippen molar-refractivity contribution in [1.82, 2.24) is 20.5 Å². The molecule has 2 N–H and O–H groups in total. The molecule has 2 aromatic carbocycles. The molecule has 0 aliphatic carbocycles. The number of aromatic amines is 1. The van der Waals surface area contributed by atoms with Gasteiger partial charge in [0.15, 0.2) is 0 Å². The van der Waals surface area contributed by atoms with Crippen LogP contribution in [-0.2, 0) is 6.42 Å². The second-order valence-corrected chi connectivity index (χ2v) is 8.50. The van der Waals surface area contributed by atoms with Crippen molar-refractivity contribution in [1.29, 1.82) is 0 Å². The fraction of sp³-hybridized carbons (Fsp3) is 0.160. The summed E-state index contributed by atoms with van der Waals surface area (Å²) in [6, 6.07) is 23.1. The van der Waals surface area contributed by atoms with Crippen LogP contribution in [-0.4, -0.2) is 26.6 Å². The lowest BCUT2D eigenvalue weighted by Crippen LogP contribution is -2.45. The van der Waals surface area contributed by atoms with Gasteiger partial charge in [0, 0.05) is 40.0 Å². The summed E-state index contributed by atoms with van der Waals surface area (Å²) in [4.78, 5) is 17.5. The molecule has 0 fully saturated rings. The van der Waals surface area contributed by atoms with Gasteiger partial charge in [-0.1, -0.05) is 60.1 Å². The van der Waals surface area contributed by atoms with Gasteiger partial charge in [0.1, 0.15) is 5.69 Å². The maximum absolute atomic E-state index is 13.1. The van der Waals surface area contributed by atoms with E-state index in [4.69, 9.17) is 11.6 Å². The average molecular weight is 431 g/mol. The van der Waals surface area contributed by atoms with Crippen molar-refractivity contribution < 1.29 is 4.79 Å². The minimum atomic E-state index is -0.508. The standard InChI is InChI=1S/C25H23ClN4O/c1-25(2,16-20-15-22(30-29-20)18-7-4-3-5-8-18)28-24(31)23-21(9-6-14-27-23)17-10-12-19(26)13-11-17/h3-15H,16H2,1-2H3,(H,28,31)(H,29,30). The average Bonchev–Trinajstić information content (AvgIpc) is 3.22. The minimum absolute atomic E-state index is 0.224. The largest absolute Gasteiger partial charge is 0.345 e. The van der Waals surface area contributed by atoms with Gasteiger partial charge in [0.05, 0.1) is 5.69 Å². The first-order valence-corrected chi connectivity index (χ1v) is 10.4. The van der Waals surface area contributed by atoms with Gasteiger partial charge in [-0.25, -0.2) is 0 Å². The van der Waals surface area contributed by atoms with Crippen LogP contribution in [0.25, 0.3) is 22.4 Å². The van der Waals surface area contributed by atoms with Crippen LogP contribution in [0.4, 0.5) is 0 Å². The zero-order valence-corrected chi connectivity index (χ0v) is 18.1.